The van der Waals surface area contributed by atoms with Crippen LogP contribution >= 0.6 is 0 Å². The van der Waals surface area contributed by atoms with E-state index in [-0.39, 0.29) is 0 Å². The van der Waals surface area contributed by atoms with E-state index < -0.39 is 0 Å². The van der Waals surface area contributed by atoms with E-state index in [4.69, 9.17) is 28.4 Å². The van der Waals surface area contributed by atoms with Gasteiger partial charge in [-0.2, -0.15) is 0 Å². The van der Waals surface area contributed by atoms with Gasteiger partial charge in [0.1, 0.15) is 0 Å². The van der Waals surface area contributed by atoms with Gasteiger partial charge in [0.25, 0.3) is 0 Å². The second kappa shape index (κ2) is 58.8. The first-order valence-electron chi connectivity index (χ1n) is 58.0. The normalized spacial score (nSPS) is 35.7. The Balaban J connectivity index is 0.927. The van der Waals surface area contributed by atoms with Crippen LogP contribution in [-0.4, -0.2) is 168 Å². The molecule has 0 heterocycles. The van der Waals surface area contributed by atoms with Gasteiger partial charge in [0.05, 0.1) is 36.6 Å². The summed E-state index contributed by atoms with van der Waals surface area (Å²) in [5.74, 6) is 6.45. The highest BCUT2D eigenvalue weighted by Crippen LogP contribution is 2.65. The van der Waals surface area contributed by atoms with Crippen LogP contribution in [0, 0.1) is 47.3 Å². The molecule has 12 aliphatic carbocycles. The Morgan fingerprint density at radius 2 is 0.315 bits per heavy atom. The number of rotatable bonds is 60. The van der Waals surface area contributed by atoms with Crippen LogP contribution in [0.25, 0.3) is 0 Å². The van der Waals surface area contributed by atoms with Gasteiger partial charge in [-0.1, -0.05) is 248 Å². The molecule has 0 radical (unpaired) electrons. The molecule has 12 saturated carbocycles. The highest BCUT2D eigenvalue weighted by Gasteiger charge is 2.65. The largest absolute Gasteiger partial charge is 0.378 e. The summed E-state index contributed by atoms with van der Waals surface area (Å²) in [5.41, 5.74) is 0. The Morgan fingerprint density at radius 1 is 0.169 bits per heavy atom. The van der Waals surface area contributed by atoms with Gasteiger partial charge in [-0.25, -0.2) is 0 Å². The van der Waals surface area contributed by atoms with Crippen molar-refractivity contribution < 1.29 is 28.4 Å². The zero-order chi connectivity index (χ0) is 86.1. The fraction of sp³-hybridized carbons (Fsp3) is 1.00. The molecule has 0 aromatic heterocycles. The lowest BCUT2D eigenvalue weighted by Gasteiger charge is -2.69. The molecular weight excluding hydrogens is 1520 g/mol. The van der Waals surface area contributed by atoms with Crippen molar-refractivity contribution in [3.63, 3.8) is 0 Å². The first kappa shape index (κ1) is 103. The maximum atomic E-state index is 7.10. The molecule has 10 heteroatoms. The van der Waals surface area contributed by atoms with Crippen LogP contribution in [0.2, 0.25) is 0 Å². The fourth-order valence-electron chi connectivity index (χ4n) is 30.0. The van der Waals surface area contributed by atoms with Crippen molar-refractivity contribution in [2.45, 2.75) is 640 Å². The Morgan fingerprint density at radius 3 is 0.476 bits per heavy atom. The number of unbranched alkanes of at least 4 members (excludes halogenated alkanes) is 30. The lowest BCUT2D eigenvalue weighted by Crippen LogP contribution is -2.72. The standard InChI is InChI=1S/C114H210N4O6/c1-9-15-21-27-33-39-81-119-99-65-53-93(54-66-99)115(91-49-45-89(7)46-50-91)109-87-111(117(95-57-69-101(70-58-95)121-83-41-35-29-23-17-11-3)96-59-71-102(72-60-96)122-84-42-36-30-24-18-12-4)107-80-78-106-110(116(92-51-47-90(8)48-52-92)94-55-67-100(68-56-94)120-82-40-34-28-22-16-10-2)88-112(108-79-77-105(109)113(107)114(106)108)118(97-61-73-103(74-62-97)123-85-43-37-31-25-19-13-5)98-63-75-104(76-64-98)124-86-44-38-32-26-20-14-6/h89-114H,9-88H2,1-8H3. The van der Waals surface area contributed by atoms with Gasteiger partial charge in [0.15, 0.2) is 0 Å². The summed E-state index contributed by atoms with van der Waals surface area (Å²) < 4.78 is 42.5. The Labute approximate surface area is 770 Å². The van der Waals surface area contributed by atoms with E-state index in [1.54, 1.807) is 0 Å². The number of hydrogen-bond donors (Lipinski definition) is 0. The Kier molecular flexibility index (Phi) is 48.6. The maximum absolute atomic E-state index is 7.10. The summed E-state index contributed by atoms with van der Waals surface area (Å²) in [6.07, 6.45) is 103. The average Bonchev–Trinajstić information content (AvgIpc) is 0.698. The van der Waals surface area contributed by atoms with Gasteiger partial charge in [0, 0.05) is 112 Å². The third-order valence-electron chi connectivity index (χ3n) is 36.9. The highest BCUT2D eigenvalue weighted by atomic mass is 16.5. The molecular formula is C114H210N4O6. The fourth-order valence-corrected chi connectivity index (χ4v) is 30.0. The van der Waals surface area contributed by atoms with Crippen molar-refractivity contribution in [1.29, 1.82) is 0 Å². The zero-order valence-electron chi connectivity index (χ0n) is 83.8. The van der Waals surface area contributed by atoms with Crippen molar-refractivity contribution in [3.8, 4) is 0 Å². The molecule has 0 amide bonds. The van der Waals surface area contributed by atoms with Gasteiger partial charge in [-0.3, -0.25) is 19.6 Å². The van der Waals surface area contributed by atoms with E-state index in [0.29, 0.717) is 97.0 Å². The van der Waals surface area contributed by atoms with E-state index in [0.717, 1.165) is 99.1 Å². The van der Waals surface area contributed by atoms with E-state index in [1.165, 1.54) is 475 Å². The predicted octanol–water partition coefficient (Wildman–Crippen LogP) is 31.0. The first-order chi connectivity index (χ1) is 61.2. The minimum atomic E-state index is 0.439. The van der Waals surface area contributed by atoms with Crippen LogP contribution < -0.4 is 0 Å². The van der Waals surface area contributed by atoms with E-state index in [2.05, 4.69) is 75.0 Å². The molecule has 124 heavy (non-hydrogen) atoms. The molecule has 0 N–H and O–H groups in total. The Bertz CT molecular complexity index is 2370. The molecule has 0 aromatic rings. The lowest BCUT2D eigenvalue weighted by molar-refractivity contribution is -0.199. The topological polar surface area (TPSA) is 68.3 Å². The van der Waals surface area contributed by atoms with Gasteiger partial charge in [0.2, 0.25) is 0 Å². The molecule has 0 saturated heterocycles. The van der Waals surface area contributed by atoms with Crippen molar-refractivity contribution in [1.82, 2.24) is 19.6 Å². The van der Waals surface area contributed by atoms with Crippen LogP contribution in [0.5, 0.6) is 0 Å². The summed E-state index contributed by atoms with van der Waals surface area (Å²) in [4.78, 5) is 14.3. The number of nitrogens with zero attached hydrogens (tertiary/aromatic N) is 4. The molecule has 0 aliphatic heterocycles. The van der Waals surface area contributed by atoms with E-state index >= 15 is 0 Å². The van der Waals surface area contributed by atoms with Crippen LogP contribution in [0.1, 0.15) is 531 Å². The third kappa shape index (κ3) is 31.9. The molecule has 0 spiro atoms. The summed E-state index contributed by atoms with van der Waals surface area (Å²) in [6, 6.07) is 8.10. The van der Waals surface area contributed by atoms with Gasteiger partial charge < -0.3 is 28.4 Å². The third-order valence-corrected chi connectivity index (χ3v) is 36.9. The van der Waals surface area contributed by atoms with Crippen molar-refractivity contribution in [2.75, 3.05) is 39.6 Å². The van der Waals surface area contributed by atoms with Gasteiger partial charge in [-0.05, 0) is 330 Å². The van der Waals surface area contributed by atoms with Gasteiger partial charge >= 0.3 is 0 Å². The smallest absolute Gasteiger partial charge is 0.0576 e. The van der Waals surface area contributed by atoms with Crippen LogP contribution in [0.15, 0.2) is 0 Å². The second-order valence-corrected chi connectivity index (χ2v) is 45.7. The second-order valence-electron chi connectivity index (χ2n) is 45.7. The molecule has 10 unspecified atom stereocenters. The average molecular weight is 1730 g/mol. The minimum absolute atomic E-state index is 0.439. The zero-order valence-corrected chi connectivity index (χ0v) is 83.8. The summed E-state index contributed by atoms with van der Waals surface area (Å²) in [7, 11) is 0. The first-order valence-corrected chi connectivity index (χ1v) is 58.0. The molecule has 722 valence electrons. The van der Waals surface area contributed by atoms with Gasteiger partial charge in [-0.15, -0.1) is 0 Å². The summed E-state index contributed by atoms with van der Waals surface area (Å²) in [5, 5.41) is 0. The molecule has 0 bridgehead atoms. The van der Waals surface area contributed by atoms with Crippen LogP contribution in [0.3, 0.4) is 0 Å². The maximum Gasteiger partial charge on any atom is 0.0576 e. The Hall–Kier alpha value is -0.400. The summed E-state index contributed by atoms with van der Waals surface area (Å²) >= 11 is 0. The number of hydrogen-bond acceptors (Lipinski definition) is 10. The highest BCUT2D eigenvalue weighted by molar-refractivity contribution is 5.17. The molecule has 0 aromatic carbocycles. The predicted molar refractivity (Wildman–Crippen MR) is 526 cm³/mol. The SMILES string of the molecule is CCCCCCCCOC1CCC(N(C2CCC(C)CC2)C2CC(N(C3CCC(OCCCCCCCC)CC3)C3CCC(OCCCCCCCC)CC3)C3CCC4C5C(CCC2C35)C(N(C2CCC(OCCCCCCCC)CC2)C2CCC(OCCCCCCCC)CC2)CC4N(C2CCC(C)CC2)C2CCC(OCCCCCCCC)CC2)CC1. The quantitative estimate of drug-likeness (QED) is 0.0550. The van der Waals surface area contributed by atoms with E-state index in [1.807, 2.05) is 0 Å². The van der Waals surface area contributed by atoms with Crippen LogP contribution in [-0.2, 0) is 28.4 Å². The number of ether oxygens (including phenoxy) is 6. The molecule has 12 aliphatic rings. The van der Waals surface area contributed by atoms with Crippen molar-refractivity contribution in [3.05, 3.63) is 0 Å². The molecule has 10 nitrogen and oxygen atoms in total. The lowest BCUT2D eigenvalue weighted by atomic mass is 9.44. The monoisotopic (exact) mass is 1730 g/mol. The van der Waals surface area contributed by atoms with Crippen molar-refractivity contribution >= 4 is 0 Å². The minimum Gasteiger partial charge on any atom is -0.378 e. The van der Waals surface area contributed by atoms with Crippen LogP contribution in [0.4, 0.5) is 0 Å². The molecule has 12 rings (SSSR count). The molecule has 12 fully saturated rings. The van der Waals surface area contributed by atoms with Crippen molar-refractivity contribution in [2.24, 2.45) is 47.3 Å². The van der Waals surface area contributed by atoms with E-state index in [9.17, 15) is 0 Å². The molecule has 10 atom stereocenters. The summed E-state index contributed by atoms with van der Waals surface area (Å²) in [6.45, 7) is 25.3.